The summed E-state index contributed by atoms with van der Waals surface area (Å²) in [5.74, 6) is -0.611. The van der Waals surface area contributed by atoms with Crippen molar-refractivity contribution in [3.8, 4) is 0 Å². The smallest absolute Gasteiger partial charge is 0.323 e. The summed E-state index contributed by atoms with van der Waals surface area (Å²) in [5.41, 5.74) is 1.11. The first-order chi connectivity index (χ1) is 10.6. The van der Waals surface area contributed by atoms with Gasteiger partial charge in [0.15, 0.2) is 0 Å². The summed E-state index contributed by atoms with van der Waals surface area (Å²) in [5, 5.41) is 9.00. The van der Waals surface area contributed by atoms with E-state index < -0.39 is 5.97 Å². The van der Waals surface area contributed by atoms with Crippen molar-refractivity contribution in [2.75, 3.05) is 26.3 Å². The molecule has 1 heterocycles. The molecule has 1 N–H and O–H groups in total. The van der Waals surface area contributed by atoms with Gasteiger partial charge in [0.2, 0.25) is 5.91 Å². The monoisotopic (exact) mass is 305 g/mol. The number of carboxylic acids is 1. The fourth-order valence-corrected chi connectivity index (χ4v) is 2.66. The summed E-state index contributed by atoms with van der Waals surface area (Å²) in [4.78, 5) is 24.7. The van der Waals surface area contributed by atoms with E-state index >= 15 is 0 Å². The van der Waals surface area contributed by atoms with E-state index in [9.17, 15) is 9.59 Å². The predicted octanol–water partition coefficient (Wildman–Crippen LogP) is 1.96. The van der Waals surface area contributed by atoms with Crippen LogP contribution in [0.3, 0.4) is 0 Å². The van der Waals surface area contributed by atoms with Crippen LogP contribution in [0.2, 0.25) is 0 Å². The zero-order valence-corrected chi connectivity index (χ0v) is 12.7. The molecule has 22 heavy (non-hydrogen) atoms. The van der Waals surface area contributed by atoms with Crippen molar-refractivity contribution in [2.24, 2.45) is 5.92 Å². The van der Waals surface area contributed by atoms with Gasteiger partial charge in [0, 0.05) is 26.2 Å². The molecule has 1 saturated heterocycles. The second-order valence-corrected chi connectivity index (χ2v) is 5.71. The van der Waals surface area contributed by atoms with Crippen molar-refractivity contribution >= 4 is 11.9 Å². The molecule has 0 bridgehead atoms. The maximum Gasteiger partial charge on any atom is 0.323 e. The molecule has 1 aromatic carbocycles. The number of benzene rings is 1. The minimum Gasteiger partial charge on any atom is -0.480 e. The lowest BCUT2D eigenvalue weighted by Crippen LogP contribution is -2.37. The van der Waals surface area contributed by atoms with Gasteiger partial charge in [-0.25, -0.2) is 0 Å². The van der Waals surface area contributed by atoms with Gasteiger partial charge in [-0.1, -0.05) is 30.3 Å². The van der Waals surface area contributed by atoms with Gasteiger partial charge >= 0.3 is 5.97 Å². The molecule has 1 aliphatic rings. The van der Waals surface area contributed by atoms with E-state index in [4.69, 9.17) is 9.84 Å². The Kier molecular flexibility index (Phi) is 6.40. The lowest BCUT2D eigenvalue weighted by Gasteiger charge is -2.21. The van der Waals surface area contributed by atoms with Crippen molar-refractivity contribution in [3.05, 3.63) is 35.9 Å². The second kappa shape index (κ2) is 8.54. The Hall–Kier alpha value is -1.88. The van der Waals surface area contributed by atoms with Crippen molar-refractivity contribution in [3.63, 3.8) is 0 Å². The maximum atomic E-state index is 12.3. The number of hydrogen-bond donors (Lipinski definition) is 1. The number of carbonyl (C=O) groups is 2. The Balaban J connectivity index is 1.83. The van der Waals surface area contributed by atoms with Crippen LogP contribution in [0.1, 0.15) is 24.8 Å². The van der Waals surface area contributed by atoms with Gasteiger partial charge in [-0.15, -0.1) is 0 Å². The number of hydrogen-bond acceptors (Lipinski definition) is 3. The van der Waals surface area contributed by atoms with E-state index in [2.05, 4.69) is 0 Å². The van der Waals surface area contributed by atoms with Gasteiger partial charge in [0.05, 0.1) is 0 Å². The molecule has 1 aliphatic heterocycles. The summed E-state index contributed by atoms with van der Waals surface area (Å²) in [6.07, 6.45) is 2.85. The average molecular weight is 305 g/mol. The molecule has 1 fully saturated rings. The van der Waals surface area contributed by atoms with E-state index in [-0.39, 0.29) is 12.5 Å². The molecule has 0 saturated carbocycles. The number of aliphatic carboxylic acids is 1. The second-order valence-electron chi connectivity index (χ2n) is 5.71. The normalized spacial score (nSPS) is 17.4. The first-order valence-electron chi connectivity index (χ1n) is 7.76. The summed E-state index contributed by atoms with van der Waals surface area (Å²) in [7, 11) is 0. The van der Waals surface area contributed by atoms with Crippen LogP contribution in [-0.4, -0.2) is 48.2 Å². The van der Waals surface area contributed by atoms with E-state index in [1.54, 1.807) is 0 Å². The van der Waals surface area contributed by atoms with Gasteiger partial charge < -0.3 is 14.7 Å². The number of carboxylic acid groups (broad SMARTS) is 1. The molecule has 0 aromatic heterocycles. The van der Waals surface area contributed by atoms with Crippen LogP contribution in [0.4, 0.5) is 0 Å². The lowest BCUT2D eigenvalue weighted by atomic mass is 10.0. The average Bonchev–Trinajstić information content (AvgIpc) is 3.03. The Morgan fingerprint density at radius 1 is 1.27 bits per heavy atom. The van der Waals surface area contributed by atoms with Crippen LogP contribution in [0.15, 0.2) is 30.3 Å². The standard InChI is InChI=1S/C17H23NO4/c19-16(7-6-15-9-11-22-13-15)18(12-17(20)21)10-8-14-4-2-1-3-5-14/h1-5,15H,6-13H2,(H,20,21). The highest BCUT2D eigenvalue weighted by molar-refractivity contribution is 5.81. The van der Waals surface area contributed by atoms with E-state index in [0.29, 0.717) is 25.3 Å². The maximum absolute atomic E-state index is 12.3. The van der Waals surface area contributed by atoms with Crippen molar-refractivity contribution in [2.45, 2.75) is 25.7 Å². The molecular formula is C17H23NO4. The van der Waals surface area contributed by atoms with Crippen molar-refractivity contribution in [1.82, 2.24) is 4.90 Å². The van der Waals surface area contributed by atoms with Crippen LogP contribution in [0, 0.1) is 5.92 Å². The van der Waals surface area contributed by atoms with Crippen LogP contribution in [-0.2, 0) is 20.7 Å². The van der Waals surface area contributed by atoms with Crippen LogP contribution >= 0.6 is 0 Å². The quantitative estimate of drug-likeness (QED) is 0.797. The minimum absolute atomic E-state index is 0.0785. The van der Waals surface area contributed by atoms with Gasteiger partial charge in [-0.2, -0.15) is 0 Å². The molecule has 2 rings (SSSR count). The van der Waals surface area contributed by atoms with E-state index in [1.807, 2.05) is 30.3 Å². The predicted molar refractivity (Wildman–Crippen MR) is 82.5 cm³/mol. The number of carbonyl (C=O) groups excluding carboxylic acids is 1. The number of nitrogens with zero attached hydrogens (tertiary/aromatic N) is 1. The van der Waals surface area contributed by atoms with Crippen molar-refractivity contribution in [1.29, 1.82) is 0 Å². The first-order valence-corrected chi connectivity index (χ1v) is 7.76. The van der Waals surface area contributed by atoms with Crippen LogP contribution in [0.5, 0.6) is 0 Å². The Morgan fingerprint density at radius 2 is 2.05 bits per heavy atom. The SMILES string of the molecule is O=C(O)CN(CCc1ccccc1)C(=O)CCC1CCOC1. The largest absolute Gasteiger partial charge is 0.480 e. The molecule has 1 aromatic rings. The Morgan fingerprint density at radius 3 is 2.68 bits per heavy atom. The number of ether oxygens (including phenoxy) is 1. The van der Waals surface area contributed by atoms with Gasteiger partial charge in [-0.3, -0.25) is 9.59 Å². The molecule has 5 heteroatoms. The molecule has 120 valence electrons. The summed E-state index contributed by atoms with van der Waals surface area (Å²) in [6.45, 7) is 1.70. The molecular weight excluding hydrogens is 282 g/mol. The highest BCUT2D eigenvalue weighted by atomic mass is 16.5. The van der Waals surface area contributed by atoms with Gasteiger partial charge in [-0.05, 0) is 30.7 Å². The zero-order valence-electron chi connectivity index (χ0n) is 12.7. The fourth-order valence-electron chi connectivity index (χ4n) is 2.66. The summed E-state index contributed by atoms with van der Waals surface area (Å²) < 4.78 is 5.30. The molecule has 1 unspecified atom stereocenters. The minimum atomic E-state index is -0.967. The fraction of sp³-hybridized carbons (Fsp3) is 0.529. The topological polar surface area (TPSA) is 66.8 Å². The Labute approximate surface area is 130 Å². The van der Waals surface area contributed by atoms with Gasteiger partial charge in [0.25, 0.3) is 0 Å². The van der Waals surface area contributed by atoms with Crippen molar-refractivity contribution < 1.29 is 19.4 Å². The third-order valence-electron chi connectivity index (χ3n) is 3.98. The highest BCUT2D eigenvalue weighted by Gasteiger charge is 2.20. The summed E-state index contributed by atoms with van der Waals surface area (Å²) >= 11 is 0. The molecule has 1 atom stereocenters. The van der Waals surface area contributed by atoms with Crippen LogP contribution < -0.4 is 0 Å². The number of rotatable bonds is 8. The zero-order chi connectivity index (χ0) is 15.8. The van der Waals surface area contributed by atoms with Crippen LogP contribution in [0.25, 0.3) is 0 Å². The first kappa shape index (κ1) is 16.5. The van der Waals surface area contributed by atoms with Gasteiger partial charge in [0.1, 0.15) is 6.54 Å². The molecule has 0 spiro atoms. The van der Waals surface area contributed by atoms with E-state index in [0.717, 1.165) is 31.6 Å². The third-order valence-corrected chi connectivity index (χ3v) is 3.98. The molecule has 0 aliphatic carbocycles. The lowest BCUT2D eigenvalue weighted by molar-refractivity contribution is -0.144. The number of amides is 1. The van der Waals surface area contributed by atoms with E-state index in [1.165, 1.54) is 4.90 Å². The molecule has 1 amide bonds. The molecule has 5 nitrogen and oxygen atoms in total. The highest BCUT2D eigenvalue weighted by Crippen LogP contribution is 2.18. The Bertz CT molecular complexity index is 483. The third kappa shape index (κ3) is 5.48. The molecule has 0 radical (unpaired) electrons. The summed E-state index contributed by atoms with van der Waals surface area (Å²) in [6, 6.07) is 9.80.